The maximum Gasteiger partial charge on any atom is 0.0701 e. The topological polar surface area (TPSA) is 28.7 Å². The molecule has 2 heteroatoms. The number of hydrogen-bond acceptors (Lipinski definition) is 1. The van der Waals surface area contributed by atoms with Crippen LogP contribution >= 0.6 is 0 Å². The van der Waals surface area contributed by atoms with E-state index >= 15 is 0 Å². The second kappa shape index (κ2) is 5.30. The van der Waals surface area contributed by atoms with Crippen molar-refractivity contribution in [3.63, 3.8) is 0 Å². The van der Waals surface area contributed by atoms with Gasteiger partial charge in [-0.25, -0.2) is 0 Å². The van der Waals surface area contributed by atoms with Gasteiger partial charge in [0.15, 0.2) is 0 Å². The molecular weight excluding hydrogens is 208 g/mol. The highest BCUT2D eigenvalue weighted by atomic mass is 14.7. The maximum atomic E-state index is 4.18. The van der Waals surface area contributed by atoms with Gasteiger partial charge in [0.1, 0.15) is 0 Å². The SMILES string of the molecule is Cc1c[nH]c(C)c1.c1ccc2ncccc2c1. The number of aromatic nitrogens is 2. The minimum atomic E-state index is 1.06. The number of para-hydroxylation sites is 1. The first kappa shape index (κ1) is 11.4. The van der Waals surface area contributed by atoms with E-state index in [1.807, 2.05) is 43.6 Å². The minimum Gasteiger partial charge on any atom is -0.365 e. The Hall–Kier alpha value is -2.09. The number of nitrogens with one attached hydrogen (secondary N) is 1. The van der Waals surface area contributed by atoms with E-state index in [9.17, 15) is 0 Å². The Morgan fingerprint density at radius 2 is 1.76 bits per heavy atom. The summed E-state index contributed by atoms with van der Waals surface area (Å²) in [6, 6.07) is 14.2. The molecule has 0 amide bonds. The third-order valence-corrected chi connectivity index (χ3v) is 2.48. The largest absolute Gasteiger partial charge is 0.365 e. The predicted molar refractivity (Wildman–Crippen MR) is 72.0 cm³/mol. The number of rotatable bonds is 0. The van der Waals surface area contributed by atoms with Gasteiger partial charge in [-0.05, 0) is 37.6 Å². The fourth-order valence-corrected chi connectivity index (χ4v) is 1.67. The number of H-pyrrole nitrogens is 1. The van der Waals surface area contributed by atoms with Crippen LogP contribution in [0.1, 0.15) is 11.3 Å². The molecule has 0 saturated heterocycles. The first-order chi connectivity index (χ1) is 8.25. The van der Waals surface area contributed by atoms with Crippen molar-refractivity contribution in [1.82, 2.24) is 9.97 Å². The molecule has 2 aromatic heterocycles. The third kappa shape index (κ3) is 3.18. The molecule has 3 rings (SSSR count). The highest BCUT2D eigenvalue weighted by molar-refractivity contribution is 5.77. The van der Waals surface area contributed by atoms with Gasteiger partial charge in [0.25, 0.3) is 0 Å². The number of benzene rings is 1. The van der Waals surface area contributed by atoms with Crippen LogP contribution in [0.25, 0.3) is 10.9 Å². The fraction of sp³-hybridized carbons (Fsp3) is 0.133. The van der Waals surface area contributed by atoms with Crippen molar-refractivity contribution in [3.05, 3.63) is 66.1 Å². The molecule has 2 nitrogen and oxygen atoms in total. The second-order valence-corrected chi connectivity index (χ2v) is 4.06. The molecule has 2 heterocycles. The van der Waals surface area contributed by atoms with E-state index in [-0.39, 0.29) is 0 Å². The van der Waals surface area contributed by atoms with Crippen molar-refractivity contribution in [1.29, 1.82) is 0 Å². The molecule has 3 aromatic rings. The summed E-state index contributed by atoms with van der Waals surface area (Å²) in [7, 11) is 0. The van der Waals surface area contributed by atoms with Gasteiger partial charge in [0.2, 0.25) is 0 Å². The molecular formula is C15H16N2. The number of fused-ring (bicyclic) bond motifs is 1. The molecule has 0 saturated carbocycles. The summed E-state index contributed by atoms with van der Waals surface area (Å²) in [6.45, 7) is 4.12. The van der Waals surface area contributed by atoms with E-state index in [1.54, 1.807) is 0 Å². The lowest BCUT2D eigenvalue weighted by atomic mass is 10.2. The standard InChI is InChI=1S/C9H7N.C6H9N/c1-2-6-9-8(4-1)5-3-7-10-9;1-5-3-6(2)7-4-5/h1-7H;3-4,7H,1-2H3. The van der Waals surface area contributed by atoms with Gasteiger partial charge >= 0.3 is 0 Å². The zero-order chi connectivity index (χ0) is 12.1. The third-order valence-electron chi connectivity index (χ3n) is 2.48. The van der Waals surface area contributed by atoms with Crippen molar-refractivity contribution in [2.45, 2.75) is 13.8 Å². The lowest BCUT2D eigenvalue weighted by molar-refractivity contribution is 1.26. The molecule has 0 aliphatic heterocycles. The van der Waals surface area contributed by atoms with Gasteiger partial charge in [0, 0.05) is 23.5 Å². The van der Waals surface area contributed by atoms with Crippen LogP contribution in [-0.2, 0) is 0 Å². The Morgan fingerprint density at radius 1 is 1.00 bits per heavy atom. The molecule has 17 heavy (non-hydrogen) atoms. The maximum absolute atomic E-state index is 4.18. The fourth-order valence-electron chi connectivity index (χ4n) is 1.67. The normalized spacial score (nSPS) is 9.76. The lowest BCUT2D eigenvalue weighted by Gasteiger charge is -1.91. The monoisotopic (exact) mass is 224 g/mol. The minimum absolute atomic E-state index is 1.06. The first-order valence-corrected chi connectivity index (χ1v) is 5.67. The average Bonchev–Trinajstić information content (AvgIpc) is 2.74. The number of nitrogens with zero attached hydrogens (tertiary/aromatic N) is 1. The zero-order valence-corrected chi connectivity index (χ0v) is 10.1. The summed E-state index contributed by atoms with van der Waals surface area (Å²) < 4.78 is 0. The van der Waals surface area contributed by atoms with Crippen LogP contribution in [0, 0.1) is 13.8 Å². The van der Waals surface area contributed by atoms with Gasteiger partial charge in [-0.15, -0.1) is 0 Å². The number of aromatic amines is 1. The van der Waals surface area contributed by atoms with Gasteiger partial charge in [-0.2, -0.15) is 0 Å². The van der Waals surface area contributed by atoms with Gasteiger partial charge < -0.3 is 4.98 Å². The van der Waals surface area contributed by atoms with Crippen LogP contribution in [0.5, 0.6) is 0 Å². The van der Waals surface area contributed by atoms with Crippen LogP contribution in [0.4, 0.5) is 0 Å². The Labute approximate surface area is 101 Å². The molecule has 0 aliphatic rings. The van der Waals surface area contributed by atoms with Crippen molar-refractivity contribution in [2.75, 3.05) is 0 Å². The van der Waals surface area contributed by atoms with Crippen LogP contribution < -0.4 is 0 Å². The van der Waals surface area contributed by atoms with Crippen molar-refractivity contribution < 1.29 is 0 Å². The molecule has 0 radical (unpaired) electrons. The highest BCUT2D eigenvalue weighted by Crippen LogP contribution is 2.07. The molecule has 1 aromatic carbocycles. The molecule has 1 N–H and O–H groups in total. The van der Waals surface area contributed by atoms with Crippen LogP contribution in [-0.4, -0.2) is 9.97 Å². The van der Waals surface area contributed by atoms with E-state index in [1.165, 1.54) is 16.6 Å². The van der Waals surface area contributed by atoms with E-state index < -0.39 is 0 Å². The lowest BCUT2D eigenvalue weighted by Crippen LogP contribution is -1.73. The smallest absolute Gasteiger partial charge is 0.0701 e. The van der Waals surface area contributed by atoms with E-state index in [2.05, 4.69) is 35.1 Å². The van der Waals surface area contributed by atoms with Crippen molar-refractivity contribution >= 4 is 10.9 Å². The molecule has 0 fully saturated rings. The molecule has 0 aliphatic carbocycles. The van der Waals surface area contributed by atoms with E-state index in [4.69, 9.17) is 0 Å². The highest BCUT2D eigenvalue weighted by Gasteiger charge is 1.86. The number of aryl methyl sites for hydroxylation is 2. The molecule has 0 bridgehead atoms. The van der Waals surface area contributed by atoms with Crippen molar-refractivity contribution in [3.8, 4) is 0 Å². The van der Waals surface area contributed by atoms with Crippen molar-refractivity contribution in [2.24, 2.45) is 0 Å². The summed E-state index contributed by atoms with van der Waals surface area (Å²) in [4.78, 5) is 7.25. The van der Waals surface area contributed by atoms with Crippen LogP contribution in [0.15, 0.2) is 54.9 Å². The van der Waals surface area contributed by atoms with E-state index in [0.717, 1.165) is 5.52 Å². The molecule has 0 spiro atoms. The first-order valence-electron chi connectivity index (χ1n) is 5.67. The number of hydrogen-bond donors (Lipinski definition) is 1. The summed E-state index contributed by atoms with van der Waals surface area (Å²) in [5, 5.41) is 1.20. The Morgan fingerprint density at radius 3 is 2.35 bits per heavy atom. The Bertz CT molecular complexity index is 514. The van der Waals surface area contributed by atoms with Gasteiger partial charge in [0.05, 0.1) is 5.52 Å². The second-order valence-electron chi connectivity index (χ2n) is 4.06. The predicted octanol–water partition coefficient (Wildman–Crippen LogP) is 3.87. The average molecular weight is 224 g/mol. The van der Waals surface area contributed by atoms with Crippen LogP contribution in [0.3, 0.4) is 0 Å². The zero-order valence-electron chi connectivity index (χ0n) is 10.1. The Kier molecular flexibility index (Phi) is 3.55. The molecule has 0 unspecified atom stereocenters. The van der Waals surface area contributed by atoms with Crippen LogP contribution in [0.2, 0.25) is 0 Å². The molecule has 0 atom stereocenters. The van der Waals surface area contributed by atoms with Gasteiger partial charge in [-0.1, -0.05) is 24.3 Å². The number of pyridine rings is 1. The molecule has 86 valence electrons. The van der Waals surface area contributed by atoms with E-state index in [0.29, 0.717) is 0 Å². The quantitative estimate of drug-likeness (QED) is 0.617. The van der Waals surface area contributed by atoms with Gasteiger partial charge in [-0.3, -0.25) is 4.98 Å². The summed E-state index contributed by atoms with van der Waals surface area (Å²) in [5.74, 6) is 0. The summed E-state index contributed by atoms with van der Waals surface area (Å²) >= 11 is 0. The Balaban J connectivity index is 0.000000136. The summed E-state index contributed by atoms with van der Waals surface area (Å²) in [5.41, 5.74) is 3.60. The summed E-state index contributed by atoms with van der Waals surface area (Å²) in [6.07, 6.45) is 3.80.